The van der Waals surface area contributed by atoms with Crippen molar-refractivity contribution in [2.24, 2.45) is 0 Å². The summed E-state index contributed by atoms with van der Waals surface area (Å²) in [6, 6.07) is 14.6. The second-order valence-electron chi connectivity index (χ2n) is 5.43. The van der Waals surface area contributed by atoms with Gasteiger partial charge in [-0.2, -0.15) is 0 Å². The molecule has 0 aliphatic carbocycles. The number of carbonyl (C=O) groups excluding carboxylic acids is 2. The molecule has 23 heavy (non-hydrogen) atoms. The molecule has 3 rings (SSSR count). The third kappa shape index (κ3) is 3.01. The molecule has 1 aliphatic heterocycles. The van der Waals surface area contributed by atoms with Gasteiger partial charge in [0.25, 0.3) is 5.91 Å². The van der Waals surface area contributed by atoms with Crippen molar-refractivity contribution in [3.63, 3.8) is 0 Å². The number of amides is 2. The zero-order chi connectivity index (χ0) is 16.4. The monoisotopic (exact) mass is 372 g/mol. The van der Waals surface area contributed by atoms with Crippen LogP contribution in [0.15, 0.2) is 53.0 Å². The molecule has 0 spiro atoms. The summed E-state index contributed by atoms with van der Waals surface area (Å²) in [7, 11) is 0. The Labute approximate surface area is 143 Å². The van der Waals surface area contributed by atoms with E-state index in [1.54, 1.807) is 0 Å². The normalized spacial score (nSPS) is 17.7. The number of para-hydroxylation sites is 2. The van der Waals surface area contributed by atoms with Crippen LogP contribution in [0.2, 0.25) is 0 Å². The number of rotatable bonds is 4. The number of aryl methyl sites for hydroxylation is 1. The Hall–Kier alpha value is -2.14. The quantitative estimate of drug-likeness (QED) is 0.831. The Morgan fingerprint density at radius 3 is 2.57 bits per heavy atom. The summed E-state index contributed by atoms with van der Waals surface area (Å²) in [5.41, 5.74) is 2.50. The van der Waals surface area contributed by atoms with Crippen molar-refractivity contribution in [3.05, 3.63) is 58.6 Å². The Bertz CT molecular complexity index is 760. The average Bonchev–Trinajstić information content (AvgIpc) is 2.83. The van der Waals surface area contributed by atoms with Gasteiger partial charge in [0, 0.05) is 10.2 Å². The van der Waals surface area contributed by atoms with Gasteiger partial charge >= 0.3 is 0 Å². The maximum absolute atomic E-state index is 12.7. The van der Waals surface area contributed by atoms with Crippen molar-refractivity contribution < 1.29 is 9.59 Å². The van der Waals surface area contributed by atoms with Crippen LogP contribution in [0.5, 0.6) is 0 Å². The molecule has 0 bridgehead atoms. The highest BCUT2D eigenvalue weighted by Gasteiger charge is 2.40. The molecule has 0 saturated carbocycles. The van der Waals surface area contributed by atoms with Gasteiger partial charge in [0.15, 0.2) is 0 Å². The molecule has 118 valence electrons. The Balaban J connectivity index is 1.87. The van der Waals surface area contributed by atoms with E-state index in [0.29, 0.717) is 5.69 Å². The van der Waals surface area contributed by atoms with Crippen LogP contribution in [0.25, 0.3) is 0 Å². The van der Waals surface area contributed by atoms with E-state index in [1.807, 2.05) is 55.5 Å². The minimum Gasteiger partial charge on any atom is -0.372 e. The predicted octanol–water partition coefficient (Wildman–Crippen LogP) is 3.76. The molecule has 1 heterocycles. The summed E-state index contributed by atoms with van der Waals surface area (Å²) >= 11 is 3.45. The Kier molecular flexibility index (Phi) is 4.48. The van der Waals surface area contributed by atoms with Crippen LogP contribution in [0.3, 0.4) is 0 Å². The van der Waals surface area contributed by atoms with Crippen LogP contribution in [-0.2, 0) is 16.0 Å². The van der Waals surface area contributed by atoms with E-state index in [1.165, 1.54) is 4.90 Å². The predicted molar refractivity (Wildman–Crippen MR) is 94.5 cm³/mol. The van der Waals surface area contributed by atoms with Gasteiger partial charge in [-0.3, -0.25) is 9.59 Å². The van der Waals surface area contributed by atoms with Gasteiger partial charge in [0.1, 0.15) is 6.04 Å². The van der Waals surface area contributed by atoms with Crippen molar-refractivity contribution in [1.82, 2.24) is 0 Å². The van der Waals surface area contributed by atoms with Gasteiger partial charge in [0.05, 0.1) is 12.1 Å². The van der Waals surface area contributed by atoms with Crippen LogP contribution in [0, 0.1) is 0 Å². The molecule has 1 saturated heterocycles. The molecule has 0 radical (unpaired) electrons. The first kappa shape index (κ1) is 15.7. The lowest BCUT2D eigenvalue weighted by Crippen LogP contribution is -2.35. The summed E-state index contributed by atoms with van der Waals surface area (Å²) < 4.78 is 0.868. The molecule has 4 nitrogen and oxygen atoms in total. The highest BCUT2D eigenvalue weighted by atomic mass is 79.9. The molecule has 2 aromatic rings. The van der Waals surface area contributed by atoms with Crippen molar-refractivity contribution in [3.8, 4) is 0 Å². The van der Waals surface area contributed by atoms with E-state index < -0.39 is 6.04 Å². The molecule has 2 amide bonds. The van der Waals surface area contributed by atoms with Crippen LogP contribution in [0.4, 0.5) is 11.4 Å². The van der Waals surface area contributed by atoms with Gasteiger partial charge in [-0.1, -0.05) is 37.3 Å². The first-order valence-corrected chi connectivity index (χ1v) is 8.37. The van der Waals surface area contributed by atoms with Crippen molar-refractivity contribution in [2.45, 2.75) is 25.8 Å². The van der Waals surface area contributed by atoms with Gasteiger partial charge in [-0.15, -0.1) is 0 Å². The minimum atomic E-state index is -0.536. The standard InChI is InChI=1S/C18H17BrN2O2/c1-2-12-7-3-6-10-16(12)21-17(22)11-15(18(21)23)20-14-9-5-4-8-13(14)19/h3-10,15,20H,2,11H2,1H3/t15-/m0/s1. The molecule has 0 aromatic heterocycles. The van der Waals surface area contributed by atoms with E-state index in [2.05, 4.69) is 21.2 Å². The number of imide groups is 1. The zero-order valence-corrected chi connectivity index (χ0v) is 14.3. The maximum Gasteiger partial charge on any atom is 0.256 e. The summed E-state index contributed by atoms with van der Waals surface area (Å²) in [5, 5.41) is 3.17. The van der Waals surface area contributed by atoms with Crippen molar-refractivity contribution in [2.75, 3.05) is 10.2 Å². The highest BCUT2D eigenvalue weighted by Crippen LogP contribution is 2.30. The molecule has 2 aromatic carbocycles. The van der Waals surface area contributed by atoms with E-state index >= 15 is 0 Å². The highest BCUT2D eigenvalue weighted by molar-refractivity contribution is 9.10. The minimum absolute atomic E-state index is 0.165. The topological polar surface area (TPSA) is 49.4 Å². The van der Waals surface area contributed by atoms with Crippen LogP contribution in [-0.4, -0.2) is 17.9 Å². The smallest absolute Gasteiger partial charge is 0.256 e. The van der Waals surface area contributed by atoms with Crippen LogP contribution < -0.4 is 10.2 Å². The van der Waals surface area contributed by atoms with Gasteiger partial charge in [-0.05, 0) is 46.1 Å². The maximum atomic E-state index is 12.7. The fourth-order valence-corrected chi connectivity index (χ4v) is 3.19. The van der Waals surface area contributed by atoms with Crippen molar-refractivity contribution in [1.29, 1.82) is 0 Å². The van der Waals surface area contributed by atoms with E-state index in [0.717, 1.165) is 22.1 Å². The summed E-state index contributed by atoms with van der Waals surface area (Å²) in [6.07, 6.45) is 0.938. The summed E-state index contributed by atoms with van der Waals surface area (Å²) in [5.74, 6) is -0.368. The second-order valence-corrected chi connectivity index (χ2v) is 6.28. The molecule has 1 aliphatic rings. The number of anilines is 2. The molecule has 1 fully saturated rings. The molecular weight excluding hydrogens is 356 g/mol. The molecule has 5 heteroatoms. The van der Waals surface area contributed by atoms with Crippen LogP contribution in [0.1, 0.15) is 18.9 Å². The van der Waals surface area contributed by atoms with Crippen molar-refractivity contribution >= 4 is 39.1 Å². The fourth-order valence-electron chi connectivity index (χ4n) is 2.79. The van der Waals surface area contributed by atoms with E-state index in [4.69, 9.17) is 0 Å². The molecule has 1 atom stereocenters. The largest absolute Gasteiger partial charge is 0.372 e. The average molecular weight is 373 g/mol. The number of hydrogen-bond donors (Lipinski definition) is 1. The van der Waals surface area contributed by atoms with E-state index in [9.17, 15) is 9.59 Å². The molecule has 0 unspecified atom stereocenters. The number of halogens is 1. The molecule has 1 N–H and O–H groups in total. The number of carbonyl (C=O) groups is 2. The lowest BCUT2D eigenvalue weighted by molar-refractivity contribution is -0.121. The Morgan fingerprint density at radius 1 is 1.13 bits per heavy atom. The van der Waals surface area contributed by atoms with Gasteiger partial charge < -0.3 is 5.32 Å². The summed E-state index contributed by atoms with van der Waals surface area (Å²) in [4.78, 5) is 26.4. The first-order valence-electron chi connectivity index (χ1n) is 7.57. The second kappa shape index (κ2) is 6.54. The first-order chi connectivity index (χ1) is 11.1. The van der Waals surface area contributed by atoms with E-state index in [-0.39, 0.29) is 18.2 Å². The van der Waals surface area contributed by atoms with Gasteiger partial charge in [-0.25, -0.2) is 4.90 Å². The van der Waals surface area contributed by atoms with Gasteiger partial charge in [0.2, 0.25) is 5.91 Å². The molecular formula is C18H17BrN2O2. The van der Waals surface area contributed by atoms with Crippen LogP contribution >= 0.6 is 15.9 Å². The number of nitrogens with zero attached hydrogens (tertiary/aromatic N) is 1. The number of nitrogens with one attached hydrogen (secondary N) is 1. The number of benzene rings is 2. The Morgan fingerprint density at radius 2 is 1.83 bits per heavy atom. The number of hydrogen-bond acceptors (Lipinski definition) is 3. The zero-order valence-electron chi connectivity index (χ0n) is 12.8. The third-order valence-electron chi connectivity index (χ3n) is 3.96. The lowest BCUT2D eigenvalue weighted by Gasteiger charge is -2.19. The lowest BCUT2D eigenvalue weighted by atomic mass is 10.1. The third-order valence-corrected chi connectivity index (χ3v) is 4.66. The SMILES string of the molecule is CCc1ccccc1N1C(=O)C[C@H](Nc2ccccc2Br)C1=O. The fraction of sp³-hybridized carbons (Fsp3) is 0.222. The summed E-state index contributed by atoms with van der Waals surface area (Å²) in [6.45, 7) is 2.01.